The van der Waals surface area contributed by atoms with Crippen LogP contribution in [0.4, 0.5) is 0 Å². The van der Waals surface area contributed by atoms with Crippen LogP contribution in [-0.4, -0.2) is 13.2 Å². The summed E-state index contributed by atoms with van der Waals surface area (Å²) in [6.07, 6.45) is 0. The number of hydrogen-bond donors (Lipinski definition) is 1. The molecule has 0 aliphatic rings. The van der Waals surface area contributed by atoms with Crippen LogP contribution in [0.25, 0.3) is 0 Å². The number of ether oxygens (including phenoxy) is 1. The van der Waals surface area contributed by atoms with Gasteiger partial charge in [-0.25, -0.2) is 0 Å². The molecule has 0 heterocycles. The van der Waals surface area contributed by atoms with Crippen molar-refractivity contribution in [3.8, 4) is 5.75 Å². The van der Waals surface area contributed by atoms with E-state index >= 15 is 0 Å². The summed E-state index contributed by atoms with van der Waals surface area (Å²) < 4.78 is 6.72. The standard InChI is InChI=1S/C16H18BrNO/c1-13(14-6-3-2-4-7-14)18-10-11-19-16-9-5-8-15(17)12-16/h2-9,12-13,18H,10-11H2,1H3/t13-/m0/s1. The highest BCUT2D eigenvalue weighted by Crippen LogP contribution is 2.17. The second-order valence-electron chi connectivity index (χ2n) is 4.39. The van der Waals surface area contributed by atoms with Crippen LogP contribution in [0.1, 0.15) is 18.5 Å². The van der Waals surface area contributed by atoms with Crippen molar-refractivity contribution < 1.29 is 4.74 Å². The maximum absolute atomic E-state index is 5.68. The largest absolute Gasteiger partial charge is 0.492 e. The summed E-state index contributed by atoms with van der Waals surface area (Å²) in [6, 6.07) is 18.7. The van der Waals surface area contributed by atoms with Gasteiger partial charge in [-0.15, -0.1) is 0 Å². The lowest BCUT2D eigenvalue weighted by molar-refractivity contribution is 0.307. The molecule has 0 aromatic heterocycles. The predicted molar refractivity (Wildman–Crippen MR) is 82.5 cm³/mol. The average molecular weight is 320 g/mol. The highest BCUT2D eigenvalue weighted by atomic mass is 79.9. The summed E-state index contributed by atoms with van der Waals surface area (Å²) >= 11 is 3.43. The van der Waals surface area contributed by atoms with Crippen molar-refractivity contribution in [3.05, 3.63) is 64.6 Å². The van der Waals surface area contributed by atoms with E-state index < -0.39 is 0 Å². The molecule has 1 atom stereocenters. The van der Waals surface area contributed by atoms with E-state index in [1.54, 1.807) is 0 Å². The Labute approximate surface area is 122 Å². The fraction of sp³-hybridized carbons (Fsp3) is 0.250. The summed E-state index contributed by atoms with van der Waals surface area (Å²) in [6.45, 7) is 3.64. The van der Waals surface area contributed by atoms with Gasteiger partial charge in [0.05, 0.1) is 0 Å². The Hall–Kier alpha value is -1.32. The molecule has 0 spiro atoms. The van der Waals surface area contributed by atoms with E-state index in [2.05, 4.69) is 52.4 Å². The molecule has 2 aromatic carbocycles. The van der Waals surface area contributed by atoms with Crippen LogP contribution in [0.3, 0.4) is 0 Å². The summed E-state index contributed by atoms with van der Waals surface area (Å²) in [7, 11) is 0. The van der Waals surface area contributed by atoms with E-state index in [0.717, 1.165) is 16.8 Å². The Balaban J connectivity index is 1.72. The van der Waals surface area contributed by atoms with Crippen LogP contribution < -0.4 is 10.1 Å². The molecule has 0 aliphatic heterocycles. The number of halogens is 1. The zero-order valence-corrected chi connectivity index (χ0v) is 12.6. The quantitative estimate of drug-likeness (QED) is 0.806. The van der Waals surface area contributed by atoms with E-state index in [-0.39, 0.29) is 0 Å². The molecule has 2 nitrogen and oxygen atoms in total. The lowest BCUT2D eigenvalue weighted by Crippen LogP contribution is -2.24. The van der Waals surface area contributed by atoms with Gasteiger partial charge in [-0.3, -0.25) is 0 Å². The number of benzene rings is 2. The molecule has 0 saturated carbocycles. The summed E-state index contributed by atoms with van der Waals surface area (Å²) in [5, 5.41) is 3.45. The third kappa shape index (κ3) is 4.69. The molecular formula is C16H18BrNO. The number of hydrogen-bond acceptors (Lipinski definition) is 2. The normalized spacial score (nSPS) is 12.1. The average Bonchev–Trinajstić information content (AvgIpc) is 2.44. The van der Waals surface area contributed by atoms with Gasteiger partial charge < -0.3 is 10.1 Å². The Bertz CT molecular complexity index is 501. The summed E-state index contributed by atoms with van der Waals surface area (Å²) in [5.74, 6) is 0.892. The molecule has 2 aromatic rings. The number of rotatable bonds is 6. The van der Waals surface area contributed by atoms with Gasteiger partial charge in [0, 0.05) is 17.1 Å². The minimum absolute atomic E-state index is 0.340. The lowest BCUT2D eigenvalue weighted by atomic mass is 10.1. The molecule has 0 bridgehead atoms. The van der Waals surface area contributed by atoms with Crippen LogP contribution in [0.15, 0.2) is 59.1 Å². The molecule has 0 fully saturated rings. The van der Waals surface area contributed by atoms with E-state index in [9.17, 15) is 0 Å². The molecule has 19 heavy (non-hydrogen) atoms. The van der Waals surface area contributed by atoms with Gasteiger partial charge in [-0.1, -0.05) is 52.3 Å². The van der Waals surface area contributed by atoms with Crippen molar-refractivity contribution >= 4 is 15.9 Å². The molecule has 0 radical (unpaired) electrons. The molecule has 1 N–H and O–H groups in total. The minimum Gasteiger partial charge on any atom is -0.492 e. The van der Waals surface area contributed by atoms with Crippen molar-refractivity contribution in [2.45, 2.75) is 13.0 Å². The van der Waals surface area contributed by atoms with Gasteiger partial charge in [-0.05, 0) is 30.7 Å². The SMILES string of the molecule is C[C@H](NCCOc1cccc(Br)c1)c1ccccc1. The van der Waals surface area contributed by atoms with Crippen molar-refractivity contribution in [2.75, 3.05) is 13.2 Å². The Kier molecular flexibility index (Phi) is 5.43. The van der Waals surface area contributed by atoms with E-state index in [0.29, 0.717) is 12.6 Å². The maximum atomic E-state index is 5.68. The molecule has 0 aliphatic carbocycles. The van der Waals surface area contributed by atoms with Crippen LogP contribution >= 0.6 is 15.9 Å². The first-order valence-corrected chi connectivity index (χ1v) is 7.22. The highest BCUT2D eigenvalue weighted by Gasteiger charge is 2.03. The van der Waals surface area contributed by atoms with Gasteiger partial charge in [0.1, 0.15) is 12.4 Å². The van der Waals surface area contributed by atoms with E-state index in [1.807, 2.05) is 30.3 Å². The van der Waals surface area contributed by atoms with E-state index in [1.165, 1.54) is 5.56 Å². The molecule has 0 saturated heterocycles. The monoisotopic (exact) mass is 319 g/mol. The fourth-order valence-corrected chi connectivity index (χ4v) is 2.24. The second kappa shape index (κ2) is 7.31. The fourth-order valence-electron chi connectivity index (χ4n) is 1.86. The van der Waals surface area contributed by atoms with Crippen molar-refractivity contribution in [2.24, 2.45) is 0 Å². The van der Waals surface area contributed by atoms with Crippen molar-refractivity contribution in [3.63, 3.8) is 0 Å². The molecular weight excluding hydrogens is 302 g/mol. The Morgan fingerprint density at radius 3 is 2.63 bits per heavy atom. The highest BCUT2D eigenvalue weighted by molar-refractivity contribution is 9.10. The lowest BCUT2D eigenvalue weighted by Gasteiger charge is -2.14. The zero-order chi connectivity index (χ0) is 13.5. The van der Waals surface area contributed by atoms with Crippen molar-refractivity contribution in [1.82, 2.24) is 5.32 Å². The van der Waals surface area contributed by atoms with Gasteiger partial charge in [0.25, 0.3) is 0 Å². The molecule has 2 rings (SSSR count). The second-order valence-corrected chi connectivity index (χ2v) is 5.31. The van der Waals surface area contributed by atoms with Gasteiger partial charge in [-0.2, -0.15) is 0 Å². The van der Waals surface area contributed by atoms with Gasteiger partial charge >= 0.3 is 0 Å². The van der Waals surface area contributed by atoms with Crippen molar-refractivity contribution in [1.29, 1.82) is 0 Å². The topological polar surface area (TPSA) is 21.3 Å². The molecule has 3 heteroatoms. The Morgan fingerprint density at radius 2 is 1.89 bits per heavy atom. The first kappa shape index (κ1) is 14.1. The van der Waals surface area contributed by atoms with Crippen LogP contribution in [-0.2, 0) is 0 Å². The third-order valence-corrected chi connectivity index (χ3v) is 3.41. The number of nitrogens with one attached hydrogen (secondary N) is 1. The van der Waals surface area contributed by atoms with E-state index in [4.69, 9.17) is 4.74 Å². The van der Waals surface area contributed by atoms with Crippen LogP contribution in [0.5, 0.6) is 5.75 Å². The summed E-state index contributed by atoms with van der Waals surface area (Å²) in [5.41, 5.74) is 1.30. The van der Waals surface area contributed by atoms with Crippen LogP contribution in [0.2, 0.25) is 0 Å². The predicted octanol–water partition coefficient (Wildman–Crippen LogP) is 4.18. The maximum Gasteiger partial charge on any atom is 0.120 e. The molecule has 0 amide bonds. The first-order valence-electron chi connectivity index (χ1n) is 6.42. The third-order valence-electron chi connectivity index (χ3n) is 2.92. The first-order chi connectivity index (χ1) is 9.25. The zero-order valence-electron chi connectivity index (χ0n) is 11.0. The smallest absolute Gasteiger partial charge is 0.120 e. The molecule has 0 unspecified atom stereocenters. The van der Waals surface area contributed by atoms with Crippen LogP contribution in [0, 0.1) is 0 Å². The van der Waals surface area contributed by atoms with Gasteiger partial charge in [0.15, 0.2) is 0 Å². The molecule has 100 valence electrons. The minimum atomic E-state index is 0.340. The summed E-state index contributed by atoms with van der Waals surface area (Å²) in [4.78, 5) is 0. The Morgan fingerprint density at radius 1 is 1.11 bits per heavy atom. The van der Waals surface area contributed by atoms with Gasteiger partial charge in [0.2, 0.25) is 0 Å².